The molecular formula is C19H21N5O2. The number of nitrogens with zero attached hydrogens (tertiary/aromatic N) is 4. The summed E-state index contributed by atoms with van der Waals surface area (Å²) in [4.78, 5) is 25.3. The van der Waals surface area contributed by atoms with E-state index in [1.165, 1.54) is 0 Å². The molecule has 0 radical (unpaired) electrons. The van der Waals surface area contributed by atoms with E-state index in [4.69, 9.17) is 10.6 Å². The summed E-state index contributed by atoms with van der Waals surface area (Å²) in [6.07, 6.45) is 6.13. The molecule has 0 fully saturated rings. The highest BCUT2D eigenvalue weighted by molar-refractivity contribution is 6.00. The van der Waals surface area contributed by atoms with Crippen molar-refractivity contribution in [2.75, 3.05) is 5.01 Å². The lowest BCUT2D eigenvalue weighted by Crippen LogP contribution is -2.42. The number of hydrazine groups is 1. The van der Waals surface area contributed by atoms with Crippen molar-refractivity contribution in [1.29, 1.82) is 0 Å². The van der Waals surface area contributed by atoms with E-state index in [9.17, 15) is 4.79 Å². The number of nitrogens with two attached hydrogens (primary N) is 1. The predicted molar refractivity (Wildman–Crippen MR) is 100 cm³/mol. The lowest BCUT2D eigenvalue weighted by atomic mass is 10.1. The minimum atomic E-state index is -0.673. The van der Waals surface area contributed by atoms with Crippen molar-refractivity contribution in [3.63, 3.8) is 0 Å². The molecule has 0 aromatic carbocycles. The zero-order valence-corrected chi connectivity index (χ0v) is 15.2. The summed E-state index contributed by atoms with van der Waals surface area (Å²) in [5.74, 6) is 6.30. The van der Waals surface area contributed by atoms with E-state index in [0.717, 1.165) is 27.2 Å². The van der Waals surface area contributed by atoms with Gasteiger partial charge >= 0.3 is 6.09 Å². The summed E-state index contributed by atoms with van der Waals surface area (Å²) in [5, 5.41) is 2.45. The maximum Gasteiger partial charge on any atom is 0.430 e. The Morgan fingerprint density at radius 2 is 1.92 bits per heavy atom. The Hall–Kier alpha value is -3.06. The Kier molecular flexibility index (Phi) is 4.56. The second kappa shape index (κ2) is 6.68. The largest absolute Gasteiger partial charge is 0.442 e. The molecule has 0 saturated carbocycles. The molecule has 0 aliphatic carbocycles. The molecule has 3 rings (SSSR count). The van der Waals surface area contributed by atoms with Gasteiger partial charge in [0.1, 0.15) is 5.60 Å². The first kappa shape index (κ1) is 17.8. The van der Waals surface area contributed by atoms with Crippen LogP contribution >= 0.6 is 0 Å². The molecule has 26 heavy (non-hydrogen) atoms. The number of amides is 1. The van der Waals surface area contributed by atoms with Crippen LogP contribution in [0.2, 0.25) is 0 Å². The molecule has 0 spiro atoms. The Labute approximate surface area is 151 Å². The lowest BCUT2D eigenvalue weighted by molar-refractivity contribution is 0.0579. The highest BCUT2D eigenvalue weighted by atomic mass is 16.6. The molecule has 3 aromatic rings. The smallest absolute Gasteiger partial charge is 0.430 e. The fourth-order valence-electron chi connectivity index (χ4n) is 2.52. The number of aromatic nitrogens is 3. The zero-order chi connectivity index (χ0) is 18.9. The van der Waals surface area contributed by atoms with Gasteiger partial charge in [-0.1, -0.05) is 0 Å². The van der Waals surface area contributed by atoms with Gasteiger partial charge in [-0.05, 0) is 51.5 Å². The highest BCUT2D eigenvalue weighted by Crippen LogP contribution is 2.28. The van der Waals surface area contributed by atoms with Crippen LogP contribution in [-0.2, 0) is 4.74 Å². The predicted octanol–water partition coefficient (Wildman–Crippen LogP) is 3.62. The molecule has 0 saturated heterocycles. The quantitative estimate of drug-likeness (QED) is 0.430. The summed E-state index contributed by atoms with van der Waals surface area (Å²) in [5.41, 5.74) is 2.03. The Balaban J connectivity index is 2.08. The first-order valence-electron chi connectivity index (χ1n) is 8.20. The second-order valence-corrected chi connectivity index (χ2v) is 6.97. The summed E-state index contributed by atoms with van der Waals surface area (Å²) >= 11 is 0. The third-order valence-electron chi connectivity index (χ3n) is 3.76. The van der Waals surface area contributed by atoms with Gasteiger partial charge in [0.25, 0.3) is 0 Å². The van der Waals surface area contributed by atoms with E-state index >= 15 is 0 Å². The topological polar surface area (TPSA) is 94.2 Å². The monoisotopic (exact) mass is 351 g/mol. The molecule has 1 amide bonds. The van der Waals surface area contributed by atoms with Crippen molar-refractivity contribution >= 4 is 22.7 Å². The molecule has 3 aromatic heterocycles. The Morgan fingerprint density at radius 3 is 2.62 bits per heavy atom. The molecule has 0 aliphatic heterocycles. The summed E-state index contributed by atoms with van der Waals surface area (Å²) in [7, 11) is 0. The number of carbonyl (C=O) groups is 1. The molecule has 134 valence electrons. The number of fused-ring (bicyclic) bond motifs is 1. The number of pyridine rings is 3. The molecule has 0 unspecified atom stereocenters. The van der Waals surface area contributed by atoms with Crippen LogP contribution < -0.4 is 10.9 Å². The van der Waals surface area contributed by atoms with E-state index in [-0.39, 0.29) is 0 Å². The minimum Gasteiger partial charge on any atom is -0.442 e. The van der Waals surface area contributed by atoms with Gasteiger partial charge in [0, 0.05) is 41.1 Å². The van der Waals surface area contributed by atoms with E-state index in [1.807, 2.05) is 25.1 Å². The van der Waals surface area contributed by atoms with E-state index < -0.39 is 11.7 Å². The van der Waals surface area contributed by atoms with Crippen LogP contribution in [0.1, 0.15) is 26.3 Å². The van der Waals surface area contributed by atoms with Crippen LogP contribution in [0.3, 0.4) is 0 Å². The molecule has 2 N–H and O–H groups in total. The van der Waals surface area contributed by atoms with Crippen molar-refractivity contribution in [3.8, 4) is 11.3 Å². The Morgan fingerprint density at radius 1 is 1.15 bits per heavy atom. The maximum absolute atomic E-state index is 12.3. The van der Waals surface area contributed by atoms with Crippen LogP contribution in [-0.4, -0.2) is 26.6 Å². The first-order valence-corrected chi connectivity index (χ1v) is 8.20. The number of anilines is 1. The van der Waals surface area contributed by atoms with Crippen LogP contribution in [0.5, 0.6) is 0 Å². The minimum absolute atomic E-state index is 0.307. The van der Waals surface area contributed by atoms with E-state index in [2.05, 4.69) is 15.0 Å². The molecule has 3 heterocycles. The van der Waals surface area contributed by atoms with Crippen LogP contribution in [0.25, 0.3) is 22.0 Å². The number of rotatable bonds is 2. The number of hydrogen-bond acceptors (Lipinski definition) is 6. The third-order valence-corrected chi connectivity index (χ3v) is 3.76. The number of hydrogen-bond donors (Lipinski definition) is 1. The summed E-state index contributed by atoms with van der Waals surface area (Å²) in [6.45, 7) is 7.33. The van der Waals surface area contributed by atoms with Crippen molar-refractivity contribution in [1.82, 2.24) is 15.0 Å². The normalized spacial score (nSPS) is 11.4. The maximum atomic E-state index is 12.3. The van der Waals surface area contributed by atoms with Gasteiger partial charge in [0.15, 0.2) is 5.82 Å². The Bertz CT molecular complexity index is 966. The van der Waals surface area contributed by atoms with Gasteiger partial charge in [-0.2, -0.15) is 5.01 Å². The number of aryl methyl sites for hydroxylation is 1. The molecule has 7 nitrogen and oxygen atoms in total. The van der Waals surface area contributed by atoms with E-state index in [0.29, 0.717) is 11.2 Å². The summed E-state index contributed by atoms with van der Waals surface area (Å²) < 4.78 is 5.33. The van der Waals surface area contributed by atoms with Crippen molar-refractivity contribution in [3.05, 3.63) is 48.5 Å². The second-order valence-electron chi connectivity index (χ2n) is 6.97. The standard InChI is InChI=1S/C19H21N5O2/c1-12-5-7-21-11-15(12)16-9-14-13(10-23-16)6-8-22-17(14)24(20)18(25)26-19(2,3)4/h5-11H,20H2,1-4H3. The molecule has 0 bridgehead atoms. The van der Waals surface area contributed by atoms with Gasteiger partial charge in [-0.25, -0.2) is 15.6 Å². The SMILES string of the molecule is Cc1ccncc1-c1cc2c(N(N)C(=O)OC(C)(C)C)nccc2cn1. The zero-order valence-electron chi connectivity index (χ0n) is 15.2. The first-order chi connectivity index (χ1) is 12.3. The average molecular weight is 351 g/mol. The van der Waals surface area contributed by atoms with Crippen LogP contribution in [0.15, 0.2) is 43.0 Å². The molecular weight excluding hydrogens is 330 g/mol. The fourth-order valence-corrected chi connectivity index (χ4v) is 2.52. The number of ether oxygens (including phenoxy) is 1. The average Bonchev–Trinajstić information content (AvgIpc) is 2.59. The lowest BCUT2D eigenvalue weighted by Gasteiger charge is -2.24. The van der Waals surface area contributed by atoms with Crippen LogP contribution in [0, 0.1) is 6.92 Å². The third kappa shape index (κ3) is 3.62. The van der Waals surface area contributed by atoms with Crippen LogP contribution in [0.4, 0.5) is 10.6 Å². The van der Waals surface area contributed by atoms with Gasteiger partial charge in [-0.15, -0.1) is 0 Å². The van der Waals surface area contributed by atoms with Gasteiger partial charge in [0.05, 0.1) is 5.69 Å². The van der Waals surface area contributed by atoms with Crippen molar-refractivity contribution in [2.24, 2.45) is 5.84 Å². The highest BCUT2D eigenvalue weighted by Gasteiger charge is 2.23. The van der Waals surface area contributed by atoms with Crippen molar-refractivity contribution in [2.45, 2.75) is 33.3 Å². The molecule has 0 aliphatic rings. The molecule has 0 atom stereocenters. The van der Waals surface area contributed by atoms with Gasteiger partial charge in [-0.3, -0.25) is 9.97 Å². The van der Waals surface area contributed by atoms with Gasteiger partial charge in [0.2, 0.25) is 0 Å². The van der Waals surface area contributed by atoms with E-state index in [1.54, 1.807) is 45.6 Å². The van der Waals surface area contributed by atoms with Crippen molar-refractivity contribution < 1.29 is 9.53 Å². The van der Waals surface area contributed by atoms with Gasteiger partial charge < -0.3 is 4.74 Å². The fraction of sp³-hybridized carbons (Fsp3) is 0.263. The number of carbonyl (C=O) groups excluding carboxylic acids is 1. The summed E-state index contributed by atoms with van der Waals surface area (Å²) in [6, 6.07) is 5.59. The molecule has 7 heteroatoms.